The van der Waals surface area contributed by atoms with Crippen molar-refractivity contribution in [3.05, 3.63) is 70.3 Å². The molecule has 4 rings (SSSR count). The summed E-state index contributed by atoms with van der Waals surface area (Å²) < 4.78 is 7.13. The molecule has 0 saturated carbocycles. The normalized spacial score (nSPS) is 11.4. The van der Waals surface area contributed by atoms with E-state index in [-0.39, 0.29) is 11.6 Å². The van der Waals surface area contributed by atoms with Gasteiger partial charge in [0, 0.05) is 11.6 Å². The minimum Gasteiger partial charge on any atom is -0.338 e. The molecule has 28 heavy (non-hydrogen) atoms. The van der Waals surface area contributed by atoms with Gasteiger partial charge in [-0.25, -0.2) is 4.98 Å². The molecule has 0 unspecified atom stereocenters. The lowest BCUT2D eigenvalue weighted by molar-refractivity contribution is 0.391. The van der Waals surface area contributed by atoms with Crippen molar-refractivity contribution in [2.24, 2.45) is 0 Å². The van der Waals surface area contributed by atoms with Crippen LogP contribution in [-0.4, -0.2) is 19.7 Å². The Bertz CT molecular complexity index is 1200. The van der Waals surface area contributed by atoms with Gasteiger partial charge < -0.3 is 4.52 Å². The Balaban J connectivity index is 1.64. The van der Waals surface area contributed by atoms with Crippen LogP contribution in [-0.2, 0) is 5.75 Å². The van der Waals surface area contributed by atoms with E-state index < -0.39 is 0 Å². The van der Waals surface area contributed by atoms with Gasteiger partial charge in [0.05, 0.1) is 16.7 Å². The second kappa shape index (κ2) is 7.59. The quantitative estimate of drug-likeness (QED) is 0.364. The van der Waals surface area contributed by atoms with E-state index in [2.05, 4.69) is 15.1 Å². The minimum atomic E-state index is -0.0331. The second-order valence-electron chi connectivity index (χ2n) is 6.80. The number of fused-ring (bicyclic) bond motifs is 1. The summed E-state index contributed by atoms with van der Waals surface area (Å²) in [6.07, 6.45) is 0. The highest BCUT2D eigenvalue weighted by molar-refractivity contribution is 7.98. The van der Waals surface area contributed by atoms with Gasteiger partial charge in [-0.05, 0) is 38.5 Å². The monoisotopic (exact) mass is 392 g/mol. The third-order valence-electron chi connectivity index (χ3n) is 4.47. The van der Waals surface area contributed by atoms with Gasteiger partial charge in [0.15, 0.2) is 5.16 Å². The van der Waals surface area contributed by atoms with Gasteiger partial charge in [0.25, 0.3) is 5.56 Å². The van der Waals surface area contributed by atoms with Crippen molar-refractivity contribution in [1.82, 2.24) is 19.7 Å². The Hall–Kier alpha value is -2.93. The molecule has 0 spiro atoms. The van der Waals surface area contributed by atoms with Crippen molar-refractivity contribution in [3.63, 3.8) is 0 Å². The third kappa shape index (κ3) is 3.45. The maximum atomic E-state index is 12.9. The van der Waals surface area contributed by atoms with Crippen LogP contribution in [0.3, 0.4) is 0 Å². The molecule has 0 radical (unpaired) electrons. The number of hydrogen-bond donors (Lipinski definition) is 0. The summed E-state index contributed by atoms with van der Waals surface area (Å²) in [6, 6.07) is 15.3. The Morgan fingerprint density at radius 2 is 1.82 bits per heavy atom. The number of hydrogen-bond acceptors (Lipinski definition) is 6. The zero-order valence-electron chi connectivity index (χ0n) is 15.9. The predicted octanol–water partition coefficient (Wildman–Crippen LogP) is 4.63. The molecule has 0 N–H and O–H groups in total. The smallest absolute Gasteiger partial charge is 0.262 e. The van der Waals surface area contributed by atoms with Crippen LogP contribution in [0.25, 0.3) is 22.3 Å². The van der Waals surface area contributed by atoms with E-state index in [1.54, 1.807) is 4.57 Å². The zero-order valence-corrected chi connectivity index (χ0v) is 16.7. The van der Waals surface area contributed by atoms with Crippen molar-refractivity contribution >= 4 is 22.7 Å². The Kier molecular flexibility index (Phi) is 5.00. The van der Waals surface area contributed by atoms with E-state index in [4.69, 9.17) is 4.52 Å². The molecule has 0 aliphatic carbocycles. The zero-order chi connectivity index (χ0) is 19.7. The van der Waals surface area contributed by atoms with Crippen LogP contribution in [0.2, 0.25) is 0 Å². The molecule has 0 saturated heterocycles. The molecule has 2 heterocycles. The lowest BCUT2D eigenvalue weighted by Crippen LogP contribution is -2.25. The van der Waals surface area contributed by atoms with E-state index in [0.29, 0.717) is 33.5 Å². The Labute approximate surface area is 166 Å². The highest BCUT2D eigenvalue weighted by Crippen LogP contribution is 2.26. The molecule has 0 atom stereocenters. The summed E-state index contributed by atoms with van der Waals surface area (Å²) in [4.78, 5) is 22.1. The van der Waals surface area contributed by atoms with Gasteiger partial charge in [-0.15, -0.1) is 0 Å². The molecule has 7 heteroatoms. The summed E-state index contributed by atoms with van der Waals surface area (Å²) in [5, 5.41) is 5.37. The van der Waals surface area contributed by atoms with Gasteiger partial charge in [0.2, 0.25) is 11.7 Å². The van der Waals surface area contributed by atoms with Crippen LogP contribution >= 0.6 is 11.8 Å². The van der Waals surface area contributed by atoms with Crippen LogP contribution in [0.15, 0.2) is 63.0 Å². The van der Waals surface area contributed by atoms with Gasteiger partial charge in [-0.2, -0.15) is 4.98 Å². The lowest BCUT2D eigenvalue weighted by Gasteiger charge is -2.15. The van der Waals surface area contributed by atoms with Gasteiger partial charge in [-0.3, -0.25) is 9.36 Å². The molecule has 0 aliphatic rings. The highest BCUT2D eigenvalue weighted by atomic mass is 32.2. The first-order valence-corrected chi connectivity index (χ1v) is 10.1. The van der Waals surface area contributed by atoms with Crippen molar-refractivity contribution in [2.75, 3.05) is 0 Å². The summed E-state index contributed by atoms with van der Waals surface area (Å²) in [7, 11) is 0. The van der Waals surface area contributed by atoms with E-state index in [9.17, 15) is 4.79 Å². The summed E-state index contributed by atoms with van der Waals surface area (Å²) >= 11 is 1.43. The number of aromatic nitrogens is 4. The number of aryl methyl sites for hydroxylation is 1. The molecule has 6 nitrogen and oxygen atoms in total. The summed E-state index contributed by atoms with van der Waals surface area (Å²) in [5.74, 6) is 1.51. The van der Waals surface area contributed by atoms with Crippen LogP contribution in [0.5, 0.6) is 0 Å². The number of rotatable bonds is 5. The first kappa shape index (κ1) is 18.4. The molecule has 142 valence electrons. The summed E-state index contributed by atoms with van der Waals surface area (Å²) in [5.41, 5.74) is 2.70. The topological polar surface area (TPSA) is 73.8 Å². The molecule has 4 aromatic rings. The van der Waals surface area contributed by atoms with Crippen molar-refractivity contribution in [1.29, 1.82) is 0 Å². The maximum absolute atomic E-state index is 12.9. The molecule has 2 aromatic heterocycles. The maximum Gasteiger partial charge on any atom is 0.262 e. The van der Waals surface area contributed by atoms with Crippen molar-refractivity contribution in [2.45, 2.75) is 37.7 Å². The molecule has 0 fully saturated rings. The first-order chi connectivity index (χ1) is 13.5. The fourth-order valence-corrected chi connectivity index (χ4v) is 4.02. The predicted molar refractivity (Wildman–Crippen MR) is 110 cm³/mol. The van der Waals surface area contributed by atoms with Gasteiger partial charge in [0.1, 0.15) is 0 Å². The number of nitrogens with zero attached hydrogens (tertiary/aromatic N) is 4. The average molecular weight is 392 g/mol. The Morgan fingerprint density at radius 1 is 1.07 bits per heavy atom. The van der Waals surface area contributed by atoms with E-state index in [1.165, 1.54) is 11.8 Å². The third-order valence-corrected chi connectivity index (χ3v) is 5.41. The fraction of sp³-hybridized carbons (Fsp3) is 0.238. The van der Waals surface area contributed by atoms with Crippen molar-refractivity contribution < 1.29 is 4.52 Å². The Morgan fingerprint density at radius 3 is 2.61 bits per heavy atom. The molecular formula is C21H20N4O2S. The number of thioether (sulfide) groups is 1. The van der Waals surface area contributed by atoms with Crippen LogP contribution < -0.4 is 5.56 Å². The van der Waals surface area contributed by atoms with E-state index in [1.807, 2.05) is 69.3 Å². The molecular weight excluding hydrogens is 372 g/mol. The summed E-state index contributed by atoms with van der Waals surface area (Å²) in [6.45, 7) is 5.97. The standard InChI is InChI=1S/C21H20N4O2S/c1-13(2)25-20(26)16-10-6-7-11-17(16)22-21(25)28-12-18-23-19(24-27-18)15-9-5-4-8-14(15)3/h4-11,13H,12H2,1-3H3. The van der Waals surface area contributed by atoms with E-state index in [0.717, 1.165) is 11.1 Å². The second-order valence-corrected chi connectivity index (χ2v) is 7.74. The molecule has 0 amide bonds. The first-order valence-electron chi connectivity index (χ1n) is 9.07. The minimum absolute atomic E-state index is 0.00248. The van der Waals surface area contributed by atoms with Crippen molar-refractivity contribution in [3.8, 4) is 11.4 Å². The fourth-order valence-electron chi connectivity index (χ4n) is 3.06. The van der Waals surface area contributed by atoms with Gasteiger partial charge in [-0.1, -0.05) is 53.3 Å². The number of benzene rings is 2. The van der Waals surface area contributed by atoms with E-state index >= 15 is 0 Å². The van der Waals surface area contributed by atoms with Gasteiger partial charge >= 0.3 is 0 Å². The average Bonchev–Trinajstić information content (AvgIpc) is 3.15. The molecule has 2 aromatic carbocycles. The molecule has 0 aliphatic heterocycles. The lowest BCUT2D eigenvalue weighted by atomic mass is 10.1. The number of para-hydroxylation sites is 1. The largest absolute Gasteiger partial charge is 0.338 e. The van der Waals surface area contributed by atoms with Crippen LogP contribution in [0, 0.1) is 6.92 Å². The van der Waals surface area contributed by atoms with Crippen LogP contribution in [0.4, 0.5) is 0 Å². The SMILES string of the molecule is Cc1ccccc1-c1noc(CSc2nc3ccccc3c(=O)n2C(C)C)n1. The highest BCUT2D eigenvalue weighted by Gasteiger charge is 2.16. The molecule has 0 bridgehead atoms. The van der Waals surface area contributed by atoms with Crippen LogP contribution in [0.1, 0.15) is 31.3 Å².